The topological polar surface area (TPSA) is 135 Å². The monoisotopic (exact) mass is 476 g/mol. The van der Waals surface area contributed by atoms with Crippen molar-refractivity contribution in [3.8, 4) is 0 Å². The first-order valence-corrected chi connectivity index (χ1v) is 11.7. The Bertz CT molecular complexity index is 1020. The van der Waals surface area contributed by atoms with Crippen LogP contribution in [0.5, 0.6) is 0 Å². The zero-order valence-electron chi connectivity index (χ0n) is 20.5. The fraction of sp³-hybridized carbons (Fsp3) is 0.750. The third-order valence-corrected chi connectivity index (χ3v) is 8.15. The highest BCUT2D eigenvalue weighted by atomic mass is 16.6. The first-order valence-electron chi connectivity index (χ1n) is 11.7. The van der Waals surface area contributed by atoms with Crippen LogP contribution in [0.1, 0.15) is 84.0 Å². The number of aromatic nitrogens is 2. The van der Waals surface area contributed by atoms with Crippen molar-refractivity contribution in [1.82, 2.24) is 10.1 Å². The molecular formula is C24H32N2O8. The van der Waals surface area contributed by atoms with E-state index in [1.54, 1.807) is 0 Å². The van der Waals surface area contributed by atoms with Gasteiger partial charge in [-0.1, -0.05) is 32.9 Å². The average Bonchev–Trinajstić information content (AvgIpc) is 3.25. The van der Waals surface area contributed by atoms with Gasteiger partial charge in [-0.3, -0.25) is 19.2 Å². The minimum absolute atomic E-state index is 0.0309. The van der Waals surface area contributed by atoms with Crippen LogP contribution in [0.2, 0.25) is 0 Å². The van der Waals surface area contributed by atoms with Gasteiger partial charge in [-0.15, -0.1) is 0 Å². The molecule has 2 aliphatic carbocycles. The van der Waals surface area contributed by atoms with E-state index in [-0.39, 0.29) is 30.4 Å². The molecule has 10 heteroatoms. The zero-order valence-corrected chi connectivity index (χ0v) is 20.5. The molecule has 1 aromatic heterocycles. The molecule has 2 saturated carbocycles. The molecule has 186 valence electrons. The van der Waals surface area contributed by atoms with Gasteiger partial charge < -0.3 is 18.7 Å². The zero-order chi connectivity index (χ0) is 25.0. The highest BCUT2D eigenvalue weighted by molar-refractivity contribution is 5.93. The van der Waals surface area contributed by atoms with Crippen molar-refractivity contribution < 1.29 is 37.9 Å². The largest absolute Gasteiger partial charge is 0.469 e. The Morgan fingerprint density at radius 2 is 1.88 bits per heavy atom. The van der Waals surface area contributed by atoms with Gasteiger partial charge in [0, 0.05) is 31.6 Å². The summed E-state index contributed by atoms with van der Waals surface area (Å²) < 4.78 is 21.6. The van der Waals surface area contributed by atoms with Gasteiger partial charge in [0.25, 0.3) is 5.89 Å². The minimum atomic E-state index is -1.08. The summed E-state index contributed by atoms with van der Waals surface area (Å²) in [5.41, 5.74) is -1.65. The molecule has 0 bridgehead atoms. The summed E-state index contributed by atoms with van der Waals surface area (Å²) >= 11 is 0. The van der Waals surface area contributed by atoms with Crippen molar-refractivity contribution in [3.05, 3.63) is 11.7 Å². The third-order valence-electron chi connectivity index (χ3n) is 8.15. The second-order valence-electron chi connectivity index (χ2n) is 10.6. The fourth-order valence-corrected chi connectivity index (χ4v) is 6.57. The summed E-state index contributed by atoms with van der Waals surface area (Å²) in [6, 6.07) is 0. The third kappa shape index (κ3) is 3.71. The highest BCUT2D eigenvalue weighted by Crippen LogP contribution is 2.65. The number of cyclic esters (lactones) is 1. The lowest BCUT2D eigenvalue weighted by molar-refractivity contribution is -0.211. The first kappa shape index (κ1) is 24.3. The molecule has 3 aliphatic rings. The number of carbonyl (C=O) groups excluding carboxylic acids is 4. The van der Waals surface area contributed by atoms with Crippen molar-refractivity contribution in [3.63, 3.8) is 0 Å². The molecule has 0 amide bonds. The van der Waals surface area contributed by atoms with Crippen LogP contribution < -0.4 is 0 Å². The van der Waals surface area contributed by atoms with E-state index in [9.17, 15) is 19.2 Å². The molecule has 1 saturated heterocycles. The van der Waals surface area contributed by atoms with Crippen LogP contribution in [0.15, 0.2) is 4.52 Å². The standard InChI is InChI=1S/C24H32N2O8/c1-11(2)19-25-20(34-26-19)16-10-24(5)13(22(30)33-16)7-8-23(4)14(21(29)31-6)9-15(32-12(3)27)17(28)18(23)24/h11,13-16,18H,7-10H2,1-6H3/t13-,14+,15+,16+,18+,23+,24+/m1/s1. The van der Waals surface area contributed by atoms with E-state index in [2.05, 4.69) is 10.1 Å². The van der Waals surface area contributed by atoms with Crippen LogP contribution in [0, 0.1) is 28.6 Å². The Labute approximate surface area is 198 Å². The molecule has 34 heavy (non-hydrogen) atoms. The number of ether oxygens (including phenoxy) is 3. The van der Waals surface area contributed by atoms with Crippen molar-refractivity contribution in [2.24, 2.45) is 28.6 Å². The quantitative estimate of drug-likeness (QED) is 0.471. The van der Waals surface area contributed by atoms with Crippen LogP contribution in [-0.4, -0.2) is 47.0 Å². The molecule has 2 heterocycles. The molecule has 0 spiro atoms. The number of hydrogen-bond donors (Lipinski definition) is 0. The van der Waals surface area contributed by atoms with E-state index in [1.165, 1.54) is 14.0 Å². The number of rotatable bonds is 4. The summed E-state index contributed by atoms with van der Waals surface area (Å²) in [5.74, 6) is -2.97. The Hall–Kier alpha value is -2.78. The van der Waals surface area contributed by atoms with Gasteiger partial charge in [0.1, 0.15) is 0 Å². The van der Waals surface area contributed by atoms with Crippen molar-refractivity contribution in [1.29, 1.82) is 0 Å². The Morgan fingerprint density at radius 3 is 2.47 bits per heavy atom. The van der Waals surface area contributed by atoms with Crippen LogP contribution in [0.3, 0.4) is 0 Å². The molecule has 10 nitrogen and oxygen atoms in total. The summed E-state index contributed by atoms with van der Waals surface area (Å²) in [6.07, 6.45) is -0.621. The Morgan fingerprint density at radius 1 is 1.18 bits per heavy atom. The highest BCUT2D eigenvalue weighted by Gasteiger charge is 2.68. The summed E-state index contributed by atoms with van der Waals surface area (Å²) in [4.78, 5) is 56.0. The molecule has 1 aliphatic heterocycles. The van der Waals surface area contributed by atoms with Gasteiger partial charge in [-0.25, -0.2) is 0 Å². The van der Waals surface area contributed by atoms with Gasteiger partial charge in [0.2, 0.25) is 0 Å². The molecule has 0 unspecified atom stereocenters. The van der Waals surface area contributed by atoms with Gasteiger partial charge >= 0.3 is 17.9 Å². The first-order chi connectivity index (χ1) is 15.9. The number of nitrogens with zero attached hydrogens (tertiary/aromatic N) is 2. The molecule has 7 atom stereocenters. The van der Waals surface area contributed by atoms with Crippen LogP contribution >= 0.6 is 0 Å². The lowest BCUT2D eigenvalue weighted by Crippen LogP contribution is -2.64. The lowest BCUT2D eigenvalue weighted by atomic mass is 9.43. The van der Waals surface area contributed by atoms with Crippen molar-refractivity contribution in [2.45, 2.75) is 78.4 Å². The van der Waals surface area contributed by atoms with E-state index in [0.29, 0.717) is 18.7 Å². The smallest absolute Gasteiger partial charge is 0.310 e. The van der Waals surface area contributed by atoms with Crippen molar-refractivity contribution >= 4 is 23.7 Å². The molecule has 1 aromatic rings. The molecule has 3 fully saturated rings. The maximum atomic E-state index is 13.8. The number of methoxy groups -OCH3 is 1. The van der Waals surface area contributed by atoms with Crippen molar-refractivity contribution in [2.75, 3.05) is 7.11 Å². The molecule has 4 rings (SSSR count). The number of fused-ring (bicyclic) bond motifs is 3. The van der Waals surface area contributed by atoms with Gasteiger partial charge in [0.15, 0.2) is 23.8 Å². The number of hydrogen-bond acceptors (Lipinski definition) is 10. The van der Waals surface area contributed by atoms with E-state index < -0.39 is 58.7 Å². The Kier molecular flexibility index (Phi) is 6.06. The second kappa shape index (κ2) is 8.46. The summed E-state index contributed by atoms with van der Waals surface area (Å²) in [7, 11) is 1.31. The predicted molar refractivity (Wildman–Crippen MR) is 115 cm³/mol. The molecule has 0 N–H and O–H groups in total. The van der Waals surface area contributed by atoms with Crippen LogP contribution in [-0.2, 0) is 33.4 Å². The SMILES string of the molecule is COC(=O)[C@@H]1C[C@H](OC(C)=O)C(=O)[C@@H]2[C@@]3(C)C[C@@H](c4nc(C(C)C)no4)OC(=O)[C@H]3CC[C@]21C. The van der Waals surface area contributed by atoms with E-state index in [1.807, 2.05) is 27.7 Å². The summed E-state index contributed by atoms with van der Waals surface area (Å²) in [6.45, 7) is 8.87. The van der Waals surface area contributed by atoms with E-state index >= 15 is 0 Å². The summed E-state index contributed by atoms with van der Waals surface area (Å²) in [5, 5.41) is 3.98. The van der Waals surface area contributed by atoms with Gasteiger partial charge in [0.05, 0.1) is 18.9 Å². The maximum absolute atomic E-state index is 13.8. The fourth-order valence-electron chi connectivity index (χ4n) is 6.57. The Balaban J connectivity index is 1.77. The van der Waals surface area contributed by atoms with Gasteiger partial charge in [-0.05, 0) is 23.7 Å². The number of carbonyl (C=O) groups is 4. The average molecular weight is 477 g/mol. The second-order valence-corrected chi connectivity index (χ2v) is 10.6. The number of ketones is 1. The minimum Gasteiger partial charge on any atom is -0.469 e. The van der Waals surface area contributed by atoms with E-state index in [4.69, 9.17) is 18.7 Å². The maximum Gasteiger partial charge on any atom is 0.310 e. The van der Waals surface area contributed by atoms with Crippen LogP contribution in [0.4, 0.5) is 0 Å². The number of esters is 3. The normalized spacial score (nSPS) is 37.4. The van der Waals surface area contributed by atoms with Gasteiger partial charge in [-0.2, -0.15) is 4.98 Å². The predicted octanol–water partition coefficient (Wildman–Crippen LogP) is 2.91. The number of Topliss-reactive ketones (excluding diaryl/α,β-unsaturated/α-hetero) is 1. The molecule has 0 radical (unpaired) electrons. The lowest BCUT2D eigenvalue weighted by Gasteiger charge is -2.60. The molecule has 0 aromatic carbocycles. The molecular weight excluding hydrogens is 444 g/mol. The van der Waals surface area contributed by atoms with Crippen LogP contribution in [0.25, 0.3) is 0 Å². The van der Waals surface area contributed by atoms with E-state index in [0.717, 1.165) is 0 Å².